The number of hydrogen-bond acceptors (Lipinski definition) is 13. The van der Waals surface area contributed by atoms with Gasteiger partial charge in [0.15, 0.2) is 29.3 Å². The summed E-state index contributed by atoms with van der Waals surface area (Å²) in [5.41, 5.74) is -0.978. The van der Waals surface area contributed by atoms with Gasteiger partial charge in [-0.15, -0.1) is 0 Å². The first-order chi connectivity index (χ1) is 24.2. The van der Waals surface area contributed by atoms with Crippen molar-refractivity contribution in [1.29, 1.82) is 0 Å². The third-order valence-corrected chi connectivity index (χ3v) is 7.35. The molecule has 1 aliphatic heterocycles. The number of aliphatic carboxylic acids is 1. The number of carbonyl (C=O) groups excluding carboxylic acids is 4. The van der Waals surface area contributed by atoms with E-state index in [1.165, 1.54) is 27.0 Å². The van der Waals surface area contributed by atoms with Crippen LogP contribution in [-0.2, 0) is 20.9 Å². The molecular formula is C36H28O15. The summed E-state index contributed by atoms with van der Waals surface area (Å²) < 4.78 is 20.9. The summed E-state index contributed by atoms with van der Waals surface area (Å²) in [5.74, 6) is -7.66. The molecule has 262 valence electrons. The maximum Gasteiger partial charge on any atom is 0.347 e. The zero-order valence-electron chi connectivity index (χ0n) is 27.0. The van der Waals surface area contributed by atoms with Crippen LogP contribution >= 0.6 is 0 Å². The lowest BCUT2D eigenvalue weighted by Gasteiger charge is -2.18. The first-order valence-corrected chi connectivity index (χ1v) is 14.6. The molecule has 51 heavy (non-hydrogen) atoms. The van der Waals surface area contributed by atoms with E-state index in [9.17, 15) is 49.2 Å². The number of fused-ring (bicyclic) bond motifs is 2. The Bertz CT molecular complexity index is 2110. The van der Waals surface area contributed by atoms with Gasteiger partial charge in [0.25, 0.3) is 0 Å². The Morgan fingerprint density at radius 1 is 0.843 bits per heavy atom. The highest BCUT2D eigenvalue weighted by molar-refractivity contribution is 6.10. The minimum Gasteiger partial charge on any atom is -0.507 e. The van der Waals surface area contributed by atoms with Crippen LogP contribution in [0, 0.1) is 13.8 Å². The van der Waals surface area contributed by atoms with E-state index in [-0.39, 0.29) is 45.8 Å². The fourth-order valence-corrected chi connectivity index (χ4v) is 4.89. The SMILES string of the molecule is COc1ccc(C(=O)c2ccccc2)c(O)c1.Cc1cc(O)c(C=O)c2c1C(=O)Oc1c(COC(=O)C=CC(=O)O)c(O)c(C(=O)O)c(C)c1O2. The van der Waals surface area contributed by atoms with Crippen molar-refractivity contribution in [3.05, 3.63) is 111 Å². The number of benzene rings is 4. The number of methoxy groups -OCH3 is 1. The minimum atomic E-state index is -1.60. The molecule has 5 N–H and O–H groups in total. The van der Waals surface area contributed by atoms with E-state index in [2.05, 4.69) is 0 Å². The number of aromatic hydroxyl groups is 3. The van der Waals surface area contributed by atoms with E-state index in [4.69, 9.17) is 24.1 Å². The summed E-state index contributed by atoms with van der Waals surface area (Å²) in [6.07, 6.45) is 1.30. The Labute approximate surface area is 288 Å². The van der Waals surface area contributed by atoms with Crippen LogP contribution in [0.1, 0.15) is 63.7 Å². The molecule has 0 spiro atoms. The van der Waals surface area contributed by atoms with Gasteiger partial charge in [-0.2, -0.15) is 0 Å². The quantitative estimate of drug-likeness (QED) is 0.0515. The normalized spacial score (nSPS) is 11.4. The second-order valence-electron chi connectivity index (χ2n) is 10.6. The third-order valence-electron chi connectivity index (χ3n) is 7.35. The number of carbonyl (C=O) groups is 6. The van der Waals surface area contributed by atoms with Gasteiger partial charge in [-0.05, 0) is 37.6 Å². The number of carboxylic acid groups (broad SMARTS) is 2. The molecule has 0 amide bonds. The van der Waals surface area contributed by atoms with E-state index >= 15 is 0 Å². The lowest BCUT2D eigenvalue weighted by atomic mass is 10.0. The Morgan fingerprint density at radius 3 is 2.12 bits per heavy atom. The van der Waals surface area contributed by atoms with E-state index in [1.807, 2.05) is 6.07 Å². The summed E-state index contributed by atoms with van der Waals surface area (Å²) in [5, 5.41) is 48.7. The van der Waals surface area contributed by atoms with Crippen LogP contribution in [0.2, 0.25) is 0 Å². The number of carboxylic acids is 2. The molecule has 4 aromatic carbocycles. The van der Waals surface area contributed by atoms with Crippen molar-refractivity contribution in [3.63, 3.8) is 0 Å². The molecule has 0 bridgehead atoms. The highest BCUT2D eigenvalue weighted by Gasteiger charge is 2.36. The third kappa shape index (κ3) is 7.78. The largest absolute Gasteiger partial charge is 0.507 e. The standard InChI is InChI=1S/C22H16O12.C14H12O3/c1-8-5-12(24)10(6-23)19-15(8)22(31)34-20-11(7-32-14(27)4-3-13(25)26)17(28)16(21(29)30)9(2)18(20)33-19;1-17-11-7-8-12(13(15)9-11)14(16)10-5-3-2-4-6-10/h3-6,24,28H,7H2,1-2H3,(H,25,26)(H,29,30);2-9,15H,1H3. The number of esters is 2. The number of phenolic OH excluding ortho intramolecular Hbond substituents is 2. The van der Waals surface area contributed by atoms with E-state index in [0.29, 0.717) is 23.5 Å². The number of rotatable bonds is 9. The minimum absolute atomic E-state index is 0.0711. The van der Waals surface area contributed by atoms with Gasteiger partial charge >= 0.3 is 23.9 Å². The monoisotopic (exact) mass is 700 g/mol. The van der Waals surface area contributed by atoms with Gasteiger partial charge in [0.1, 0.15) is 40.7 Å². The number of ketones is 1. The van der Waals surface area contributed by atoms with Crippen molar-refractivity contribution < 1.29 is 73.2 Å². The Morgan fingerprint density at radius 2 is 1.53 bits per heavy atom. The zero-order chi connectivity index (χ0) is 37.6. The number of aldehydes is 1. The maximum atomic E-state index is 12.9. The molecule has 1 aliphatic rings. The van der Waals surface area contributed by atoms with Crippen molar-refractivity contribution in [2.75, 3.05) is 7.11 Å². The van der Waals surface area contributed by atoms with Crippen LogP contribution in [0.5, 0.6) is 40.2 Å². The Hall–Kier alpha value is -7.16. The number of aromatic carboxylic acids is 1. The number of aryl methyl sites for hydroxylation is 1. The fourth-order valence-electron chi connectivity index (χ4n) is 4.89. The van der Waals surface area contributed by atoms with E-state index in [0.717, 1.165) is 6.07 Å². The fraction of sp³-hybridized carbons (Fsp3) is 0.111. The molecule has 15 heteroatoms. The number of phenols is 3. The summed E-state index contributed by atoms with van der Waals surface area (Å²) >= 11 is 0. The summed E-state index contributed by atoms with van der Waals surface area (Å²) in [7, 11) is 1.51. The van der Waals surface area contributed by atoms with Crippen LogP contribution in [-0.4, -0.2) is 68.6 Å². The van der Waals surface area contributed by atoms with Crippen molar-refractivity contribution in [2.24, 2.45) is 0 Å². The lowest BCUT2D eigenvalue weighted by Crippen LogP contribution is -2.13. The first-order valence-electron chi connectivity index (χ1n) is 14.6. The molecule has 0 aromatic heterocycles. The molecule has 0 radical (unpaired) electrons. The molecular weight excluding hydrogens is 672 g/mol. The molecule has 4 aromatic rings. The predicted molar refractivity (Wildman–Crippen MR) is 174 cm³/mol. The van der Waals surface area contributed by atoms with Crippen molar-refractivity contribution in [1.82, 2.24) is 0 Å². The van der Waals surface area contributed by atoms with Crippen molar-refractivity contribution in [2.45, 2.75) is 20.5 Å². The highest BCUT2D eigenvalue weighted by Crippen LogP contribution is 2.50. The van der Waals surface area contributed by atoms with Crippen molar-refractivity contribution in [3.8, 4) is 40.2 Å². The van der Waals surface area contributed by atoms with Gasteiger partial charge < -0.3 is 44.5 Å². The van der Waals surface area contributed by atoms with Crippen LogP contribution in [0.25, 0.3) is 0 Å². The average Bonchev–Trinajstić information content (AvgIpc) is 3.24. The highest BCUT2D eigenvalue weighted by atomic mass is 16.6. The summed E-state index contributed by atoms with van der Waals surface area (Å²) in [4.78, 5) is 70.7. The van der Waals surface area contributed by atoms with Gasteiger partial charge in [0.2, 0.25) is 0 Å². The predicted octanol–water partition coefficient (Wildman–Crippen LogP) is 4.87. The lowest BCUT2D eigenvalue weighted by molar-refractivity contribution is -0.139. The first kappa shape index (κ1) is 36.7. The van der Waals surface area contributed by atoms with Gasteiger partial charge in [-0.3, -0.25) is 9.59 Å². The molecule has 0 saturated heterocycles. The average molecular weight is 701 g/mol. The topological polar surface area (TPSA) is 240 Å². The van der Waals surface area contributed by atoms with Gasteiger partial charge in [0.05, 0.1) is 23.8 Å². The molecule has 15 nitrogen and oxygen atoms in total. The van der Waals surface area contributed by atoms with Crippen molar-refractivity contribution >= 4 is 35.9 Å². The maximum absolute atomic E-state index is 12.9. The molecule has 0 fully saturated rings. The molecule has 0 saturated carbocycles. The van der Waals surface area contributed by atoms with E-state index < -0.39 is 70.2 Å². The van der Waals surface area contributed by atoms with Crippen LogP contribution in [0.4, 0.5) is 0 Å². The second-order valence-corrected chi connectivity index (χ2v) is 10.6. The molecule has 0 aliphatic carbocycles. The summed E-state index contributed by atoms with van der Waals surface area (Å²) in [6, 6.07) is 14.6. The molecule has 5 rings (SSSR count). The summed E-state index contributed by atoms with van der Waals surface area (Å²) in [6.45, 7) is 1.83. The Balaban J connectivity index is 0.000000286. The Kier molecular flexibility index (Phi) is 11.1. The molecule has 0 atom stereocenters. The van der Waals surface area contributed by atoms with Gasteiger partial charge in [-0.25, -0.2) is 19.2 Å². The molecule has 0 unspecified atom stereocenters. The zero-order valence-corrected chi connectivity index (χ0v) is 27.0. The van der Waals surface area contributed by atoms with Crippen LogP contribution in [0.15, 0.2) is 66.7 Å². The van der Waals surface area contributed by atoms with Crippen LogP contribution in [0.3, 0.4) is 0 Å². The number of hydrogen-bond donors (Lipinski definition) is 5. The van der Waals surface area contributed by atoms with Gasteiger partial charge in [0, 0.05) is 29.3 Å². The van der Waals surface area contributed by atoms with E-state index in [1.54, 1.807) is 36.4 Å². The number of ether oxygens (including phenoxy) is 4. The smallest absolute Gasteiger partial charge is 0.347 e. The molecule has 1 heterocycles. The van der Waals surface area contributed by atoms with Crippen LogP contribution < -0.4 is 14.2 Å². The van der Waals surface area contributed by atoms with Gasteiger partial charge in [-0.1, -0.05) is 30.3 Å². The second kappa shape index (κ2) is 15.4.